The molecule has 3 aromatic rings. The van der Waals surface area contributed by atoms with Crippen LogP contribution < -0.4 is 14.5 Å². The summed E-state index contributed by atoms with van der Waals surface area (Å²) in [5.74, 6) is -2.53. The van der Waals surface area contributed by atoms with E-state index in [1.165, 1.54) is 37.8 Å². The summed E-state index contributed by atoms with van der Waals surface area (Å²) in [5, 5.41) is 18.5. The van der Waals surface area contributed by atoms with Crippen LogP contribution in [0.25, 0.3) is 17.1 Å². The first-order valence-corrected chi connectivity index (χ1v) is 14.8. The third-order valence-corrected chi connectivity index (χ3v) is 8.98. The number of anilines is 3. The Morgan fingerprint density at radius 1 is 0.975 bits per heavy atom. The molecule has 9 nitrogen and oxygen atoms in total. The SMILES string of the molecule is CCSNc1ccc(-n2cc(-c3cc(C(=O)O)cc(N4CCC(F)(F)CC4)n3)nn2)c(N2CCC3(CC2)CC3)c1. The smallest absolute Gasteiger partial charge is 0.335 e. The summed E-state index contributed by atoms with van der Waals surface area (Å²) in [6.45, 7) is 4.28. The Morgan fingerprint density at radius 3 is 2.38 bits per heavy atom. The normalized spacial score (nSPS) is 19.6. The van der Waals surface area contributed by atoms with E-state index in [0.717, 1.165) is 35.9 Å². The molecular formula is C28H33F2N7O2S. The minimum atomic E-state index is -2.71. The summed E-state index contributed by atoms with van der Waals surface area (Å²) in [4.78, 5) is 20.7. The number of piperidine rings is 2. The van der Waals surface area contributed by atoms with Crippen LogP contribution in [-0.2, 0) is 0 Å². The zero-order chi connectivity index (χ0) is 27.9. The predicted octanol–water partition coefficient (Wildman–Crippen LogP) is 5.72. The van der Waals surface area contributed by atoms with Crippen LogP contribution in [0.2, 0.25) is 0 Å². The molecular weight excluding hydrogens is 536 g/mol. The highest BCUT2D eigenvalue weighted by atomic mass is 32.2. The highest BCUT2D eigenvalue weighted by Crippen LogP contribution is 2.54. The van der Waals surface area contributed by atoms with Crippen molar-refractivity contribution in [3.8, 4) is 17.1 Å². The van der Waals surface area contributed by atoms with Crippen molar-refractivity contribution in [1.82, 2.24) is 20.0 Å². The molecule has 40 heavy (non-hydrogen) atoms. The fourth-order valence-corrected chi connectivity index (χ4v) is 6.02. The number of carboxylic acid groups (broad SMARTS) is 1. The Kier molecular flexibility index (Phi) is 7.05. The lowest BCUT2D eigenvalue weighted by Gasteiger charge is -2.35. The minimum Gasteiger partial charge on any atom is -0.478 e. The Balaban J connectivity index is 1.32. The number of nitrogens with one attached hydrogen (secondary N) is 1. The van der Waals surface area contributed by atoms with Crippen LogP contribution in [0.1, 0.15) is 55.8 Å². The van der Waals surface area contributed by atoms with Crippen molar-refractivity contribution in [1.29, 1.82) is 0 Å². The van der Waals surface area contributed by atoms with Crippen molar-refractivity contribution in [2.75, 3.05) is 46.5 Å². The van der Waals surface area contributed by atoms with Gasteiger partial charge in [0.2, 0.25) is 0 Å². The number of alkyl halides is 2. The molecule has 4 heterocycles. The number of halogens is 2. The Labute approximate surface area is 236 Å². The first-order chi connectivity index (χ1) is 19.2. The number of aromatic nitrogens is 4. The van der Waals surface area contributed by atoms with Gasteiger partial charge in [-0.05, 0) is 61.4 Å². The molecule has 212 valence electrons. The molecule has 3 fully saturated rings. The maximum absolute atomic E-state index is 13.7. The van der Waals surface area contributed by atoms with Crippen LogP contribution in [0.15, 0.2) is 36.5 Å². The second kappa shape index (κ2) is 10.5. The second-order valence-corrected chi connectivity index (χ2v) is 12.1. The van der Waals surface area contributed by atoms with Gasteiger partial charge in [-0.1, -0.05) is 24.1 Å². The van der Waals surface area contributed by atoms with Crippen LogP contribution in [0.3, 0.4) is 0 Å². The van der Waals surface area contributed by atoms with E-state index < -0.39 is 11.9 Å². The van der Waals surface area contributed by atoms with Crippen molar-refractivity contribution < 1.29 is 18.7 Å². The third-order valence-electron chi connectivity index (χ3n) is 8.31. The molecule has 0 atom stereocenters. The summed E-state index contributed by atoms with van der Waals surface area (Å²) in [5.41, 5.74) is 4.29. The maximum atomic E-state index is 13.7. The fourth-order valence-electron chi connectivity index (χ4n) is 5.58. The monoisotopic (exact) mass is 569 g/mol. The summed E-state index contributed by atoms with van der Waals surface area (Å²) < 4.78 is 32.6. The van der Waals surface area contributed by atoms with Gasteiger partial charge in [0.05, 0.1) is 28.8 Å². The lowest BCUT2D eigenvalue weighted by molar-refractivity contribution is -0.0221. The number of pyridine rings is 1. The Hall–Kier alpha value is -3.41. The van der Waals surface area contributed by atoms with E-state index in [1.807, 2.05) is 12.1 Å². The van der Waals surface area contributed by atoms with Gasteiger partial charge in [0, 0.05) is 50.5 Å². The van der Waals surface area contributed by atoms with Crippen molar-refractivity contribution in [2.45, 2.75) is 51.4 Å². The van der Waals surface area contributed by atoms with Crippen LogP contribution >= 0.6 is 11.9 Å². The maximum Gasteiger partial charge on any atom is 0.335 e. The first kappa shape index (κ1) is 26.8. The molecule has 2 saturated heterocycles. The van der Waals surface area contributed by atoms with E-state index in [2.05, 4.69) is 37.9 Å². The molecule has 0 unspecified atom stereocenters. The Morgan fingerprint density at radius 2 is 1.70 bits per heavy atom. The number of hydrogen-bond acceptors (Lipinski definition) is 8. The van der Waals surface area contributed by atoms with E-state index >= 15 is 0 Å². The van der Waals surface area contributed by atoms with Gasteiger partial charge in [-0.25, -0.2) is 23.2 Å². The van der Waals surface area contributed by atoms with Gasteiger partial charge in [-0.15, -0.1) is 5.10 Å². The van der Waals surface area contributed by atoms with Gasteiger partial charge >= 0.3 is 5.97 Å². The van der Waals surface area contributed by atoms with Gasteiger partial charge in [0.15, 0.2) is 0 Å². The lowest BCUT2D eigenvalue weighted by Crippen LogP contribution is -2.39. The highest BCUT2D eigenvalue weighted by Gasteiger charge is 2.44. The molecule has 1 spiro atoms. The molecule has 1 aromatic carbocycles. The predicted molar refractivity (Wildman–Crippen MR) is 153 cm³/mol. The third kappa shape index (κ3) is 5.59. The van der Waals surface area contributed by atoms with Gasteiger partial charge < -0.3 is 19.6 Å². The number of rotatable bonds is 8. The second-order valence-electron chi connectivity index (χ2n) is 11.0. The molecule has 2 aromatic heterocycles. The van der Waals surface area contributed by atoms with Gasteiger partial charge in [-0.3, -0.25) is 0 Å². The average Bonchev–Trinajstić information content (AvgIpc) is 3.51. The molecule has 3 aliphatic rings. The molecule has 0 amide bonds. The average molecular weight is 570 g/mol. The molecule has 1 aliphatic carbocycles. The van der Waals surface area contributed by atoms with Crippen molar-refractivity contribution in [3.63, 3.8) is 0 Å². The number of carboxylic acids is 1. The Bertz CT molecular complexity index is 1390. The molecule has 0 radical (unpaired) electrons. The number of benzene rings is 1. The van der Waals surface area contributed by atoms with Gasteiger partial charge in [0.25, 0.3) is 5.92 Å². The van der Waals surface area contributed by atoms with Gasteiger partial charge in [0.1, 0.15) is 11.5 Å². The lowest BCUT2D eigenvalue weighted by atomic mass is 9.93. The van der Waals surface area contributed by atoms with Crippen LogP contribution in [0, 0.1) is 5.41 Å². The summed E-state index contributed by atoms with van der Waals surface area (Å²) >= 11 is 1.64. The zero-order valence-electron chi connectivity index (χ0n) is 22.4. The number of aromatic carboxylic acids is 1. The molecule has 2 aliphatic heterocycles. The summed E-state index contributed by atoms with van der Waals surface area (Å²) in [6.07, 6.45) is 6.21. The highest BCUT2D eigenvalue weighted by molar-refractivity contribution is 8.00. The van der Waals surface area contributed by atoms with Crippen molar-refractivity contribution in [2.24, 2.45) is 5.41 Å². The standard InChI is InChI=1S/C28H33F2N7O2S/c1-2-40-33-20-3-4-23(24(17-20)35-11-7-27(5-6-27)8-12-35)37-18-22(32-34-37)21-15-19(26(38)39)16-25(31-21)36-13-9-28(29,30)10-14-36/h3-4,15-18,33H,2,5-14H2,1H3,(H,38,39). The van der Waals surface area contributed by atoms with Crippen molar-refractivity contribution >= 4 is 35.1 Å². The van der Waals surface area contributed by atoms with Crippen LogP contribution in [-0.4, -0.2) is 68.9 Å². The van der Waals surface area contributed by atoms with E-state index in [0.29, 0.717) is 22.6 Å². The van der Waals surface area contributed by atoms with E-state index in [-0.39, 0.29) is 31.5 Å². The fraction of sp³-hybridized carbons (Fsp3) is 0.500. The zero-order valence-corrected chi connectivity index (χ0v) is 23.3. The number of hydrogen-bond donors (Lipinski definition) is 2. The number of carbonyl (C=O) groups is 1. The molecule has 1 saturated carbocycles. The summed E-state index contributed by atoms with van der Waals surface area (Å²) in [7, 11) is 0. The van der Waals surface area contributed by atoms with Crippen LogP contribution in [0.4, 0.5) is 26.0 Å². The van der Waals surface area contributed by atoms with Crippen molar-refractivity contribution in [3.05, 3.63) is 42.1 Å². The first-order valence-electron chi connectivity index (χ1n) is 13.8. The van der Waals surface area contributed by atoms with E-state index in [4.69, 9.17) is 0 Å². The molecule has 2 N–H and O–H groups in total. The quantitative estimate of drug-likeness (QED) is 0.330. The van der Waals surface area contributed by atoms with Crippen LogP contribution in [0.5, 0.6) is 0 Å². The van der Waals surface area contributed by atoms with E-state index in [1.54, 1.807) is 27.7 Å². The van der Waals surface area contributed by atoms with Gasteiger partial charge in [-0.2, -0.15) is 0 Å². The molecule has 6 rings (SSSR count). The largest absolute Gasteiger partial charge is 0.478 e. The topological polar surface area (TPSA) is 99.4 Å². The molecule has 0 bridgehead atoms. The molecule has 12 heteroatoms. The number of nitrogens with zero attached hydrogens (tertiary/aromatic N) is 6. The minimum absolute atomic E-state index is 0.0266. The van der Waals surface area contributed by atoms with E-state index in [9.17, 15) is 18.7 Å². The summed E-state index contributed by atoms with van der Waals surface area (Å²) in [6, 6.07) is 9.07.